The maximum atomic E-state index is 15.5. The number of hydrogen-bond donors (Lipinski definition) is 1. The lowest BCUT2D eigenvalue weighted by atomic mass is 9.80. The van der Waals surface area contributed by atoms with Crippen LogP contribution in [0, 0.1) is 0 Å². The number of carboxylic acids is 1. The van der Waals surface area contributed by atoms with Crippen LogP contribution in [-0.2, 0) is 13.1 Å². The minimum absolute atomic E-state index is 0.188. The highest BCUT2D eigenvalue weighted by Crippen LogP contribution is 2.47. The molecule has 0 unspecified atom stereocenters. The first-order valence-electron chi connectivity index (χ1n) is 13.5. The van der Waals surface area contributed by atoms with Crippen LogP contribution in [0.3, 0.4) is 0 Å². The van der Waals surface area contributed by atoms with E-state index in [4.69, 9.17) is 4.74 Å². The lowest BCUT2D eigenvalue weighted by Crippen LogP contribution is -2.35. The van der Waals surface area contributed by atoms with Gasteiger partial charge in [-0.25, -0.2) is 9.18 Å². The van der Waals surface area contributed by atoms with Crippen LogP contribution >= 0.6 is 0 Å². The van der Waals surface area contributed by atoms with Crippen molar-refractivity contribution in [2.24, 2.45) is 0 Å². The standard InChI is InChI=1S/C30H38FN3O3/c1-4-37-22-10-12-23-21(17-22)19-33(14-13-32(2)3)15-16-34-27-18-20(30(35)36)9-11-25(27)28(29(23)34)24-7-5-6-8-26(24)31/h9-12,17-18,24,26H,4-8,13-16,19H2,1-3H3,(H,35,36)/t24-,26-/m1/s1. The number of carbonyl (C=O) groups is 1. The second kappa shape index (κ2) is 10.8. The Morgan fingerprint density at radius 1 is 1.14 bits per heavy atom. The van der Waals surface area contributed by atoms with Crippen LogP contribution in [0.15, 0.2) is 36.4 Å². The molecule has 5 rings (SSSR count). The molecule has 37 heavy (non-hydrogen) atoms. The highest BCUT2D eigenvalue weighted by molar-refractivity contribution is 5.98. The Morgan fingerprint density at radius 3 is 2.68 bits per heavy atom. The molecule has 2 heterocycles. The molecule has 1 aliphatic carbocycles. The van der Waals surface area contributed by atoms with Crippen molar-refractivity contribution in [3.63, 3.8) is 0 Å². The molecule has 1 saturated carbocycles. The van der Waals surface area contributed by atoms with Crippen molar-refractivity contribution in [2.75, 3.05) is 40.3 Å². The zero-order valence-corrected chi connectivity index (χ0v) is 22.2. The third-order valence-electron chi connectivity index (χ3n) is 7.94. The van der Waals surface area contributed by atoms with E-state index in [1.807, 2.05) is 19.1 Å². The minimum Gasteiger partial charge on any atom is -0.494 e. The maximum Gasteiger partial charge on any atom is 0.335 e. The van der Waals surface area contributed by atoms with Crippen molar-refractivity contribution < 1.29 is 19.0 Å². The lowest BCUT2D eigenvalue weighted by molar-refractivity contribution is 0.0697. The Balaban J connectivity index is 1.75. The van der Waals surface area contributed by atoms with Gasteiger partial charge in [-0.1, -0.05) is 18.9 Å². The number of likely N-dealkylation sites (N-methyl/N-ethyl adjacent to an activating group) is 1. The summed E-state index contributed by atoms with van der Waals surface area (Å²) in [7, 11) is 4.17. The van der Waals surface area contributed by atoms with Gasteiger partial charge in [0.15, 0.2) is 0 Å². The molecule has 1 N–H and O–H groups in total. The molecule has 0 bridgehead atoms. The third kappa shape index (κ3) is 5.12. The first-order valence-corrected chi connectivity index (χ1v) is 13.5. The average Bonchev–Trinajstić information content (AvgIpc) is 3.17. The molecule has 0 spiro atoms. The van der Waals surface area contributed by atoms with E-state index in [2.05, 4.69) is 40.6 Å². The molecule has 1 fully saturated rings. The highest BCUT2D eigenvalue weighted by Gasteiger charge is 2.34. The molecule has 0 radical (unpaired) electrons. The molecule has 0 saturated heterocycles. The summed E-state index contributed by atoms with van der Waals surface area (Å²) in [5, 5.41) is 10.7. The smallest absolute Gasteiger partial charge is 0.335 e. The van der Waals surface area contributed by atoms with E-state index < -0.39 is 12.1 Å². The number of carboxylic acid groups (broad SMARTS) is 1. The number of nitrogens with zero attached hydrogens (tertiary/aromatic N) is 3. The van der Waals surface area contributed by atoms with Crippen molar-refractivity contribution in [2.45, 2.75) is 57.8 Å². The predicted octanol–water partition coefficient (Wildman–Crippen LogP) is 5.78. The quantitative estimate of drug-likeness (QED) is 0.440. The summed E-state index contributed by atoms with van der Waals surface area (Å²) in [5.74, 6) is -0.292. The molecule has 198 valence electrons. The summed E-state index contributed by atoms with van der Waals surface area (Å²) < 4.78 is 23.7. The predicted molar refractivity (Wildman–Crippen MR) is 145 cm³/mol. The summed E-state index contributed by atoms with van der Waals surface area (Å²) in [4.78, 5) is 16.5. The van der Waals surface area contributed by atoms with Crippen molar-refractivity contribution in [3.8, 4) is 17.0 Å². The largest absolute Gasteiger partial charge is 0.494 e. The van der Waals surface area contributed by atoms with Gasteiger partial charge in [0.1, 0.15) is 11.9 Å². The number of halogens is 1. The van der Waals surface area contributed by atoms with Crippen molar-refractivity contribution in [1.82, 2.24) is 14.4 Å². The molecule has 2 atom stereocenters. The molecule has 0 amide bonds. The monoisotopic (exact) mass is 507 g/mol. The molecule has 7 heteroatoms. The van der Waals surface area contributed by atoms with Gasteiger partial charge in [-0.3, -0.25) is 4.90 Å². The summed E-state index contributed by atoms with van der Waals surface area (Å²) in [6.45, 7) is 6.78. The summed E-state index contributed by atoms with van der Waals surface area (Å²) in [6.07, 6.45) is 2.44. The van der Waals surface area contributed by atoms with E-state index in [1.54, 1.807) is 12.1 Å². The van der Waals surface area contributed by atoms with Crippen LogP contribution in [0.2, 0.25) is 0 Å². The van der Waals surface area contributed by atoms with Crippen LogP contribution in [0.25, 0.3) is 22.2 Å². The fourth-order valence-electron chi connectivity index (χ4n) is 6.10. The summed E-state index contributed by atoms with van der Waals surface area (Å²) in [5.41, 5.74) is 5.51. The first kappa shape index (κ1) is 25.7. The Labute approximate surface area is 218 Å². The second-order valence-electron chi connectivity index (χ2n) is 10.7. The molecule has 6 nitrogen and oxygen atoms in total. The molecule has 1 aliphatic heterocycles. The van der Waals surface area contributed by atoms with E-state index >= 15 is 4.39 Å². The summed E-state index contributed by atoms with van der Waals surface area (Å²) >= 11 is 0. The molecule has 3 aromatic rings. The normalized spacial score (nSPS) is 20.4. The van der Waals surface area contributed by atoms with Crippen LogP contribution in [0.1, 0.15) is 60.0 Å². The van der Waals surface area contributed by atoms with Gasteiger partial charge >= 0.3 is 5.97 Å². The van der Waals surface area contributed by atoms with E-state index in [0.717, 1.165) is 85.5 Å². The minimum atomic E-state index is -0.944. The Hall–Kier alpha value is -2.90. The average molecular weight is 508 g/mol. The lowest BCUT2D eigenvalue weighted by Gasteiger charge is -2.31. The number of aromatic nitrogens is 1. The van der Waals surface area contributed by atoms with E-state index in [-0.39, 0.29) is 11.5 Å². The van der Waals surface area contributed by atoms with Gasteiger partial charge in [-0.05, 0) is 75.3 Å². The molecule has 1 aromatic heterocycles. The highest BCUT2D eigenvalue weighted by atomic mass is 19.1. The van der Waals surface area contributed by atoms with Gasteiger partial charge in [-0.2, -0.15) is 0 Å². The number of fused-ring (bicyclic) bond motifs is 5. The summed E-state index contributed by atoms with van der Waals surface area (Å²) in [6, 6.07) is 11.6. The van der Waals surface area contributed by atoms with Crippen molar-refractivity contribution in [1.29, 1.82) is 0 Å². The van der Waals surface area contributed by atoms with Crippen LogP contribution in [-0.4, -0.2) is 72.0 Å². The third-order valence-corrected chi connectivity index (χ3v) is 7.94. The van der Waals surface area contributed by atoms with Gasteiger partial charge in [0.25, 0.3) is 0 Å². The van der Waals surface area contributed by atoms with Gasteiger partial charge in [0.2, 0.25) is 0 Å². The number of alkyl halides is 1. The zero-order chi connectivity index (χ0) is 26.1. The maximum absolute atomic E-state index is 15.5. The number of benzene rings is 2. The molecular weight excluding hydrogens is 469 g/mol. The Kier molecular flexibility index (Phi) is 7.54. The number of aromatic carboxylic acids is 1. The van der Waals surface area contributed by atoms with Gasteiger partial charge in [-0.15, -0.1) is 0 Å². The van der Waals surface area contributed by atoms with E-state index in [1.165, 1.54) is 5.56 Å². The molecule has 2 aliphatic rings. The fraction of sp³-hybridized carbons (Fsp3) is 0.500. The molecule has 2 aromatic carbocycles. The van der Waals surface area contributed by atoms with Gasteiger partial charge in [0, 0.05) is 55.1 Å². The Morgan fingerprint density at radius 2 is 1.95 bits per heavy atom. The van der Waals surface area contributed by atoms with E-state index in [9.17, 15) is 9.90 Å². The van der Waals surface area contributed by atoms with E-state index in [0.29, 0.717) is 13.0 Å². The fourth-order valence-corrected chi connectivity index (χ4v) is 6.10. The second-order valence-corrected chi connectivity index (χ2v) is 10.7. The van der Waals surface area contributed by atoms with Crippen molar-refractivity contribution in [3.05, 3.63) is 53.1 Å². The number of ether oxygens (including phenoxy) is 1. The zero-order valence-electron chi connectivity index (χ0n) is 22.2. The van der Waals surface area contributed by atoms with Gasteiger partial charge < -0.3 is 19.3 Å². The number of hydrogen-bond acceptors (Lipinski definition) is 4. The Bertz CT molecular complexity index is 1280. The molecular formula is C30H38FN3O3. The van der Waals surface area contributed by atoms with Crippen LogP contribution in [0.5, 0.6) is 5.75 Å². The van der Waals surface area contributed by atoms with Crippen LogP contribution in [0.4, 0.5) is 4.39 Å². The van der Waals surface area contributed by atoms with Crippen molar-refractivity contribution >= 4 is 16.9 Å². The SMILES string of the molecule is CCOc1ccc2c(c1)CN(CCN(C)C)CCn1c-2c([C@@H]2CCCC[C@H]2F)c2ccc(C(=O)O)cc21. The first-order chi connectivity index (χ1) is 17.9. The number of rotatable bonds is 7. The topological polar surface area (TPSA) is 57.9 Å². The van der Waals surface area contributed by atoms with Crippen LogP contribution < -0.4 is 4.74 Å². The van der Waals surface area contributed by atoms with Gasteiger partial charge in [0.05, 0.1) is 17.9 Å².